The summed E-state index contributed by atoms with van der Waals surface area (Å²) < 4.78 is 2.08. The highest BCUT2D eigenvalue weighted by Gasteiger charge is 2.22. The second-order valence-corrected chi connectivity index (χ2v) is 6.46. The summed E-state index contributed by atoms with van der Waals surface area (Å²) in [4.78, 5) is 4.85. The summed E-state index contributed by atoms with van der Waals surface area (Å²) in [5, 5.41) is 10.8. The van der Waals surface area contributed by atoms with Crippen molar-refractivity contribution in [1.29, 1.82) is 0 Å². The Hall–Kier alpha value is -2.65. The van der Waals surface area contributed by atoms with Crippen molar-refractivity contribution in [2.45, 2.75) is 38.7 Å². The van der Waals surface area contributed by atoms with Crippen LogP contribution in [0.15, 0.2) is 67.2 Å². The molecule has 0 radical (unpaired) electrons. The number of hydrogen-bond acceptors (Lipinski definition) is 2. The largest absolute Gasteiger partial charge is 0.387 e. The molecule has 3 nitrogen and oxygen atoms in total. The van der Waals surface area contributed by atoms with Crippen LogP contribution >= 0.6 is 0 Å². The molecule has 1 heterocycles. The smallest absolute Gasteiger partial charge is 0.145 e. The third kappa shape index (κ3) is 3.78. The summed E-state index contributed by atoms with van der Waals surface area (Å²) >= 11 is 0. The normalized spacial score (nSPS) is 12.1. The van der Waals surface area contributed by atoms with Gasteiger partial charge in [0.2, 0.25) is 0 Å². The summed E-state index contributed by atoms with van der Waals surface area (Å²) in [5.41, 5.74) is 3.60. The highest BCUT2D eigenvalue weighted by atomic mass is 16.3. The van der Waals surface area contributed by atoms with E-state index in [2.05, 4.69) is 18.1 Å². The lowest BCUT2D eigenvalue weighted by Gasteiger charge is -2.12. The molecule has 3 aromatic rings. The first-order valence-electron chi connectivity index (χ1n) is 9.30. The van der Waals surface area contributed by atoms with E-state index in [0.29, 0.717) is 12.1 Å². The van der Waals surface area contributed by atoms with Crippen LogP contribution in [0.4, 0.5) is 0 Å². The second-order valence-electron chi connectivity index (χ2n) is 6.46. The van der Waals surface area contributed by atoms with Crippen molar-refractivity contribution in [1.82, 2.24) is 9.55 Å². The molecule has 134 valence electrons. The molecule has 26 heavy (non-hydrogen) atoms. The average Bonchev–Trinajstić information content (AvgIpc) is 3.09. The van der Waals surface area contributed by atoms with Gasteiger partial charge in [-0.25, -0.2) is 4.98 Å². The Balaban J connectivity index is 2.12. The number of para-hydroxylation sites is 1. The molecule has 0 aliphatic heterocycles. The molecule has 0 saturated carbocycles. The van der Waals surface area contributed by atoms with Gasteiger partial charge >= 0.3 is 0 Å². The fraction of sp³-hybridized carbons (Fsp3) is 0.261. The number of nitrogens with zero attached hydrogens (tertiary/aromatic N) is 2. The van der Waals surface area contributed by atoms with Gasteiger partial charge in [0.1, 0.15) is 5.82 Å². The Kier molecular flexibility index (Phi) is 6.03. The number of imidazole rings is 1. The molecule has 3 rings (SSSR count). The Labute approximate surface area is 155 Å². The molecule has 0 bridgehead atoms. The zero-order valence-electron chi connectivity index (χ0n) is 15.3. The van der Waals surface area contributed by atoms with E-state index in [4.69, 9.17) is 4.98 Å². The number of unbranched alkanes of at least 4 members (excludes halogenated alkanes) is 2. The molecule has 2 aromatic carbocycles. The van der Waals surface area contributed by atoms with Gasteiger partial charge in [0.25, 0.3) is 0 Å². The van der Waals surface area contributed by atoms with E-state index in [-0.39, 0.29) is 0 Å². The van der Waals surface area contributed by atoms with Gasteiger partial charge in [-0.05, 0) is 24.6 Å². The summed E-state index contributed by atoms with van der Waals surface area (Å²) in [6, 6.07) is 20.2. The zero-order valence-corrected chi connectivity index (χ0v) is 15.3. The van der Waals surface area contributed by atoms with Gasteiger partial charge in [-0.2, -0.15) is 0 Å². The third-order valence-electron chi connectivity index (χ3n) is 4.58. The number of benzene rings is 2. The molecule has 1 aromatic heterocycles. The molecule has 1 atom stereocenters. The summed E-state index contributed by atoms with van der Waals surface area (Å²) in [7, 11) is 0. The molecule has 0 unspecified atom stereocenters. The highest BCUT2D eigenvalue weighted by molar-refractivity contribution is 5.65. The molecule has 0 aliphatic carbocycles. The highest BCUT2D eigenvalue weighted by Crippen LogP contribution is 2.32. The van der Waals surface area contributed by atoms with Crippen molar-refractivity contribution in [2.75, 3.05) is 0 Å². The molecule has 0 spiro atoms. The van der Waals surface area contributed by atoms with Crippen molar-refractivity contribution < 1.29 is 5.11 Å². The number of aliphatic hydroxyl groups is 1. The lowest BCUT2D eigenvalue weighted by atomic mass is 10.1. The average molecular weight is 346 g/mol. The number of aliphatic hydroxyl groups excluding tert-OH is 1. The minimum absolute atomic E-state index is 0.582. The van der Waals surface area contributed by atoms with Crippen LogP contribution in [-0.4, -0.2) is 14.7 Å². The van der Waals surface area contributed by atoms with Crippen molar-refractivity contribution in [3.05, 3.63) is 78.6 Å². The van der Waals surface area contributed by atoms with Gasteiger partial charge in [-0.15, -0.1) is 0 Å². The van der Waals surface area contributed by atoms with E-state index in [1.54, 1.807) is 6.08 Å². The van der Waals surface area contributed by atoms with Crippen LogP contribution in [0.2, 0.25) is 0 Å². The zero-order chi connectivity index (χ0) is 18.4. The maximum absolute atomic E-state index is 10.8. The minimum atomic E-state index is -0.582. The van der Waals surface area contributed by atoms with E-state index < -0.39 is 6.10 Å². The van der Waals surface area contributed by atoms with Crippen LogP contribution in [0.5, 0.6) is 0 Å². The molecule has 0 amide bonds. The summed E-state index contributed by atoms with van der Waals surface area (Å²) in [6.07, 6.45) is 5.18. The van der Waals surface area contributed by atoms with Crippen molar-refractivity contribution in [2.24, 2.45) is 0 Å². The molecule has 0 aliphatic rings. The maximum Gasteiger partial charge on any atom is 0.145 e. The third-order valence-corrected chi connectivity index (χ3v) is 4.58. The van der Waals surface area contributed by atoms with Gasteiger partial charge in [0.05, 0.1) is 17.5 Å². The van der Waals surface area contributed by atoms with Crippen molar-refractivity contribution >= 4 is 6.08 Å². The van der Waals surface area contributed by atoms with Crippen LogP contribution in [0.25, 0.3) is 23.2 Å². The van der Waals surface area contributed by atoms with E-state index in [0.717, 1.165) is 42.0 Å². The standard InChI is InChI=1S/C23H26N2O/c1-3-5-8-17-21(26)22-20(4-2)25(19-15-11-7-12-16-19)23(24-22)18-13-9-6-10-14-18/h4,6-7,9-16,21,26H,2-3,5,8,17H2,1H3/t21-/m1/s1. The number of rotatable bonds is 8. The predicted molar refractivity (Wildman–Crippen MR) is 108 cm³/mol. The van der Waals surface area contributed by atoms with Crippen molar-refractivity contribution in [3.63, 3.8) is 0 Å². The SMILES string of the molecule is C=Cc1c([C@H](O)CCCCC)nc(-c2ccccc2)n1-c1ccccc1. The lowest BCUT2D eigenvalue weighted by Crippen LogP contribution is -2.03. The van der Waals surface area contributed by atoms with E-state index in [1.165, 1.54) is 0 Å². The van der Waals surface area contributed by atoms with Gasteiger partial charge in [-0.1, -0.05) is 81.3 Å². The first-order chi connectivity index (χ1) is 12.8. The second kappa shape index (κ2) is 8.63. The fourth-order valence-electron chi connectivity index (χ4n) is 3.23. The number of hydrogen-bond donors (Lipinski definition) is 1. The first kappa shape index (κ1) is 18.2. The van der Waals surface area contributed by atoms with Gasteiger partial charge in [0.15, 0.2) is 0 Å². The molecular weight excluding hydrogens is 320 g/mol. The quantitative estimate of drug-likeness (QED) is 0.524. The van der Waals surface area contributed by atoms with Gasteiger partial charge < -0.3 is 5.11 Å². The van der Waals surface area contributed by atoms with E-state index >= 15 is 0 Å². The number of aromatic nitrogens is 2. The molecule has 0 fully saturated rings. The summed E-state index contributed by atoms with van der Waals surface area (Å²) in [5.74, 6) is 0.830. The van der Waals surface area contributed by atoms with E-state index in [9.17, 15) is 5.11 Å². The van der Waals surface area contributed by atoms with Crippen LogP contribution < -0.4 is 0 Å². The Morgan fingerprint density at radius 3 is 2.31 bits per heavy atom. The van der Waals surface area contributed by atoms with Gasteiger partial charge in [0, 0.05) is 11.3 Å². The monoisotopic (exact) mass is 346 g/mol. The van der Waals surface area contributed by atoms with E-state index in [1.807, 2.05) is 60.7 Å². The molecular formula is C23H26N2O. The van der Waals surface area contributed by atoms with Gasteiger partial charge in [-0.3, -0.25) is 4.57 Å². The fourth-order valence-corrected chi connectivity index (χ4v) is 3.23. The van der Waals surface area contributed by atoms with Crippen LogP contribution in [0.1, 0.15) is 50.1 Å². The van der Waals surface area contributed by atoms with Crippen LogP contribution in [-0.2, 0) is 0 Å². The molecule has 0 saturated heterocycles. The first-order valence-corrected chi connectivity index (χ1v) is 9.30. The Morgan fingerprint density at radius 2 is 1.69 bits per heavy atom. The maximum atomic E-state index is 10.8. The Morgan fingerprint density at radius 1 is 1.04 bits per heavy atom. The lowest BCUT2D eigenvalue weighted by molar-refractivity contribution is 0.159. The van der Waals surface area contributed by atoms with Crippen LogP contribution in [0, 0.1) is 0 Å². The minimum Gasteiger partial charge on any atom is -0.387 e. The molecule has 1 N–H and O–H groups in total. The summed E-state index contributed by atoms with van der Waals surface area (Å²) in [6.45, 7) is 6.16. The Bertz CT molecular complexity index is 837. The predicted octanol–water partition coefficient (Wildman–Crippen LogP) is 5.80. The van der Waals surface area contributed by atoms with Crippen LogP contribution in [0.3, 0.4) is 0 Å². The molecule has 3 heteroatoms. The topological polar surface area (TPSA) is 38.1 Å². The van der Waals surface area contributed by atoms with Crippen molar-refractivity contribution in [3.8, 4) is 17.1 Å².